The van der Waals surface area contributed by atoms with E-state index in [-0.39, 0.29) is 0 Å². The molecule has 0 atom stereocenters. The van der Waals surface area contributed by atoms with E-state index in [1.807, 2.05) is 0 Å². The van der Waals surface area contributed by atoms with Gasteiger partial charge in [0.1, 0.15) is 18.0 Å². The van der Waals surface area contributed by atoms with Crippen molar-refractivity contribution in [1.29, 1.82) is 0 Å². The molecule has 0 saturated carbocycles. The van der Waals surface area contributed by atoms with Crippen LogP contribution >= 0.6 is 27.3 Å². The van der Waals surface area contributed by atoms with Gasteiger partial charge in [-0.3, -0.25) is 0 Å². The molecule has 2 aromatic heterocycles. The number of anilines is 2. The summed E-state index contributed by atoms with van der Waals surface area (Å²) >= 11 is 5.19. The third-order valence-electron chi connectivity index (χ3n) is 2.69. The second-order valence-corrected chi connectivity index (χ2v) is 5.93. The molecule has 0 amide bonds. The molecule has 0 fully saturated rings. The Morgan fingerprint density at radius 2 is 1.95 bits per heavy atom. The summed E-state index contributed by atoms with van der Waals surface area (Å²) in [6, 6.07) is 2.12. The Morgan fingerprint density at radius 3 is 2.53 bits per heavy atom. The molecule has 0 unspecified atom stereocenters. The number of halogens is 1. The summed E-state index contributed by atoms with van der Waals surface area (Å²) in [4.78, 5) is 9.91. The van der Waals surface area contributed by atoms with E-state index in [1.165, 1.54) is 4.88 Å². The molecule has 4 nitrogen and oxygen atoms in total. The van der Waals surface area contributed by atoms with Gasteiger partial charge in [0.2, 0.25) is 0 Å². The van der Waals surface area contributed by atoms with Crippen LogP contribution in [0.25, 0.3) is 0 Å². The van der Waals surface area contributed by atoms with Crippen molar-refractivity contribution in [2.45, 2.75) is 26.8 Å². The molecule has 0 saturated heterocycles. The Hall–Kier alpha value is -1.14. The Kier molecular flexibility index (Phi) is 5.15. The maximum absolute atomic E-state index is 4.34. The Labute approximate surface area is 125 Å². The predicted octanol–water partition coefficient (Wildman–Crippen LogP) is 3.91. The quantitative estimate of drug-likeness (QED) is 0.836. The van der Waals surface area contributed by atoms with E-state index >= 15 is 0 Å². The molecule has 0 bridgehead atoms. The lowest BCUT2D eigenvalue weighted by molar-refractivity contribution is 1.00. The second kappa shape index (κ2) is 6.86. The molecular weight excluding hydrogens is 324 g/mol. The van der Waals surface area contributed by atoms with Crippen molar-refractivity contribution < 1.29 is 0 Å². The Balaban J connectivity index is 2.13. The number of thiophene rings is 1. The van der Waals surface area contributed by atoms with Gasteiger partial charge in [0, 0.05) is 26.8 Å². The number of aromatic nitrogens is 2. The maximum atomic E-state index is 4.34. The van der Waals surface area contributed by atoms with E-state index in [2.05, 4.69) is 61.8 Å². The van der Waals surface area contributed by atoms with Crippen LogP contribution in [0, 0.1) is 0 Å². The van der Waals surface area contributed by atoms with Crippen LogP contribution in [0.15, 0.2) is 22.2 Å². The van der Waals surface area contributed by atoms with Crippen LogP contribution in [0.4, 0.5) is 11.6 Å². The van der Waals surface area contributed by atoms with E-state index in [1.54, 1.807) is 17.7 Å². The van der Waals surface area contributed by atoms with Gasteiger partial charge < -0.3 is 10.6 Å². The first-order chi connectivity index (χ1) is 9.24. The van der Waals surface area contributed by atoms with Crippen molar-refractivity contribution in [3.63, 3.8) is 0 Å². The first-order valence-corrected chi connectivity index (χ1v) is 7.96. The molecule has 2 N–H and O–H groups in total. The van der Waals surface area contributed by atoms with Gasteiger partial charge in [-0.1, -0.05) is 6.92 Å². The minimum atomic E-state index is 0.784. The SMILES string of the molecule is CCNc1ncnc(NCc2cc(Br)cs2)c1CC. The van der Waals surface area contributed by atoms with Gasteiger partial charge in [0.05, 0.1) is 6.54 Å². The number of nitrogens with zero attached hydrogens (tertiary/aromatic N) is 2. The predicted molar refractivity (Wildman–Crippen MR) is 84.9 cm³/mol. The lowest BCUT2D eigenvalue weighted by Crippen LogP contribution is -2.09. The monoisotopic (exact) mass is 340 g/mol. The highest BCUT2D eigenvalue weighted by atomic mass is 79.9. The van der Waals surface area contributed by atoms with E-state index in [9.17, 15) is 0 Å². The molecule has 2 heterocycles. The van der Waals surface area contributed by atoms with E-state index in [4.69, 9.17) is 0 Å². The molecule has 102 valence electrons. The standard InChI is InChI=1S/C13H17BrN4S/c1-3-11-12(15-4-2)17-8-18-13(11)16-6-10-5-9(14)7-19-10/h5,7-8H,3-4,6H2,1-2H3,(H2,15,16,17,18). The van der Waals surface area contributed by atoms with Gasteiger partial charge in [0.25, 0.3) is 0 Å². The summed E-state index contributed by atoms with van der Waals surface area (Å²) in [5.41, 5.74) is 1.14. The fourth-order valence-electron chi connectivity index (χ4n) is 1.84. The highest BCUT2D eigenvalue weighted by Crippen LogP contribution is 2.23. The summed E-state index contributed by atoms with van der Waals surface area (Å²) < 4.78 is 1.13. The van der Waals surface area contributed by atoms with Crippen molar-refractivity contribution >= 4 is 38.9 Å². The molecule has 0 aromatic carbocycles. The molecule has 2 rings (SSSR count). The largest absolute Gasteiger partial charge is 0.370 e. The molecule has 0 spiro atoms. The lowest BCUT2D eigenvalue weighted by atomic mass is 10.2. The van der Waals surface area contributed by atoms with Gasteiger partial charge in [-0.25, -0.2) is 9.97 Å². The van der Waals surface area contributed by atoms with Gasteiger partial charge in [0.15, 0.2) is 0 Å². The van der Waals surface area contributed by atoms with Gasteiger partial charge >= 0.3 is 0 Å². The second-order valence-electron chi connectivity index (χ2n) is 4.02. The molecule has 6 heteroatoms. The topological polar surface area (TPSA) is 49.8 Å². The van der Waals surface area contributed by atoms with Gasteiger partial charge in [-0.15, -0.1) is 11.3 Å². The minimum Gasteiger partial charge on any atom is -0.370 e. The molecule has 0 aliphatic heterocycles. The van der Waals surface area contributed by atoms with Crippen LogP contribution in [0.3, 0.4) is 0 Å². The van der Waals surface area contributed by atoms with Crippen molar-refractivity contribution in [1.82, 2.24) is 9.97 Å². The molecule has 0 aliphatic rings. The summed E-state index contributed by atoms with van der Waals surface area (Å²) in [5.74, 6) is 1.84. The normalized spacial score (nSPS) is 10.5. The van der Waals surface area contributed by atoms with E-state index in [0.29, 0.717) is 0 Å². The zero-order valence-electron chi connectivity index (χ0n) is 11.0. The number of rotatable bonds is 6. The third-order valence-corrected chi connectivity index (χ3v) is 4.39. The summed E-state index contributed by atoms with van der Waals surface area (Å²) in [7, 11) is 0. The highest BCUT2D eigenvalue weighted by Gasteiger charge is 2.09. The van der Waals surface area contributed by atoms with E-state index in [0.717, 1.165) is 41.2 Å². The highest BCUT2D eigenvalue weighted by molar-refractivity contribution is 9.10. The van der Waals surface area contributed by atoms with Gasteiger partial charge in [-0.2, -0.15) is 0 Å². The van der Waals surface area contributed by atoms with Gasteiger partial charge in [-0.05, 0) is 35.3 Å². The first kappa shape index (κ1) is 14.3. The van der Waals surface area contributed by atoms with Crippen molar-refractivity contribution in [3.8, 4) is 0 Å². The molecule has 0 radical (unpaired) electrons. The van der Waals surface area contributed by atoms with Crippen LogP contribution in [0.1, 0.15) is 24.3 Å². The van der Waals surface area contributed by atoms with Crippen LogP contribution in [-0.4, -0.2) is 16.5 Å². The zero-order valence-corrected chi connectivity index (χ0v) is 13.4. The van der Waals surface area contributed by atoms with Crippen LogP contribution in [0.5, 0.6) is 0 Å². The van der Waals surface area contributed by atoms with Crippen LogP contribution in [-0.2, 0) is 13.0 Å². The van der Waals surface area contributed by atoms with Crippen LogP contribution in [0.2, 0.25) is 0 Å². The minimum absolute atomic E-state index is 0.784. The fourth-order valence-corrected chi connectivity index (χ4v) is 3.23. The molecule has 0 aliphatic carbocycles. The van der Waals surface area contributed by atoms with Crippen molar-refractivity contribution in [3.05, 3.63) is 32.7 Å². The van der Waals surface area contributed by atoms with Crippen molar-refractivity contribution in [2.75, 3.05) is 17.2 Å². The molecular formula is C13H17BrN4S. The number of nitrogens with one attached hydrogen (secondary N) is 2. The smallest absolute Gasteiger partial charge is 0.135 e. The molecule has 19 heavy (non-hydrogen) atoms. The average molecular weight is 341 g/mol. The summed E-state index contributed by atoms with van der Waals surface area (Å²) in [6.45, 7) is 5.83. The summed E-state index contributed by atoms with van der Waals surface area (Å²) in [5, 5.41) is 8.75. The summed E-state index contributed by atoms with van der Waals surface area (Å²) in [6.07, 6.45) is 2.50. The lowest BCUT2D eigenvalue weighted by Gasteiger charge is -2.13. The maximum Gasteiger partial charge on any atom is 0.135 e. The number of hydrogen-bond donors (Lipinski definition) is 2. The van der Waals surface area contributed by atoms with E-state index < -0.39 is 0 Å². The Bertz CT molecular complexity index is 541. The molecule has 2 aromatic rings. The first-order valence-electron chi connectivity index (χ1n) is 6.29. The van der Waals surface area contributed by atoms with Crippen LogP contribution < -0.4 is 10.6 Å². The average Bonchev–Trinajstić information content (AvgIpc) is 2.83. The third kappa shape index (κ3) is 3.67. The number of hydrogen-bond acceptors (Lipinski definition) is 5. The zero-order chi connectivity index (χ0) is 13.7. The fraction of sp³-hybridized carbons (Fsp3) is 0.385. The Morgan fingerprint density at radius 1 is 1.21 bits per heavy atom. The van der Waals surface area contributed by atoms with Crippen molar-refractivity contribution in [2.24, 2.45) is 0 Å².